The largest absolute Gasteiger partial charge is 0.345 e. The van der Waals surface area contributed by atoms with Crippen LogP contribution in [-0.2, 0) is 17.9 Å². The molecule has 0 aliphatic carbocycles. The van der Waals surface area contributed by atoms with Crippen molar-refractivity contribution in [1.82, 2.24) is 20.1 Å². The van der Waals surface area contributed by atoms with Crippen molar-refractivity contribution in [3.05, 3.63) is 69.0 Å². The minimum absolute atomic E-state index is 0.129. The van der Waals surface area contributed by atoms with Gasteiger partial charge in [0, 0.05) is 17.3 Å². The van der Waals surface area contributed by atoms with E-state index in [2.05, 4.69) is 20.8 Å². The van der Waals surface area contributed by atoms with Gasteiger partial charge in [-0.15, -0.1) is 10.2 Å². The van der Waals surface area contributed by atoms with Crippen LogP contribution in [0.25, 0.3) is 0 Å². The number of nitrogens with one attached hydrogen (secondary N) is 2. The molecule has 0 radical (unpaired) electrons. The number of anilines is 1. The van der Waals surface area contributed by atoms with Gasteiger partial charge in [-0.2, -0.15) is 0 Å². The highest BCUT2D eigenvalue weighted by atomic mass is 35.5. The first kappa shape index (κ1) is 24.1. The number of benzene rings is 2. The molecule has 0 aliphatic rings. The van der Waals surface area contributed by atoms with Crippen LogP contribution in [0.2, 0.25) is 10.0 Å². The van der Waals surface area contributed by atoms with Gasteiger partial charge in [-0.25, -0.2) is 0 Å². The SMILES string of the molecule is CCn1c(CNC(=O)c2ccc(Cl)cc2Cl)nnc1SCC(=O)Nc1ccc(C)c(C)c1. The Morgan fingerprint density at radius 3 is 2.53 bits per heavy atom. The van der Waals surface area contributed by atoms with Gasteiger partial charge in [0.25, 0.3) is 5.91 Å². The Kier molecular flexibility index (Phi) is 8.17. The summed E-state index contributed by atoms with van der Waals surface area (Å²) in [5, 5.41) is 15.4. The second kappa shape index (κ2) is 10.8. The molecule has 0 saturated carbocycles. The summed E-state index contributed by atoms with van der Waals surface area (Å²) in [6.07, 6.45) is 0. The number of hydrogen-bond acceptors (Lipinski definition) is 5. The molecule has 0 aliphatic heterocycles. The normalized spacial score (nSPS) is 10.8. The quantitative estimate of drug-likeness (QED) is 0.438. The molecule has 3 aromatic rings. The van der Waals surface area contributed by atoms with Crippen LogP contribution in [0.5, 0.6) is 0 Å². The molecule has 168 valence electrons. The predicted octanol–water partition coefficient (Wildman–Crippen LogP) is 4.88. The monoisotopic (exact) mass is 491 g/mol. The molecule has 3 rings (SSSR count). The van der Waals surface area contributed by atoms with Crippen LogP contribution in [0.3, 0.4) is 0 Å². The van der Waals surface area contributed by atoms with E-state index in [1.165, 1.54) is 23.4 Å². The van der Waals surface area contributed by atoms with Gasteiger partial charge >= 0.3 is 0 Å². The molecular weight excluding hydrogens is 469 g/mol. The van der Waals surface area contributed by atoms with Crippen LogP contribution in [-0.4, -0.2) is 32.3 Å². The Balaban J connectivity index is 1.58. The third-order valence-electron chi connectivity index (χ3n) is 4.82. The summed E-state index contributed by atoms with van der Waals surface area (Å²) in [6, 6.07) is 10.5. The molecule has 7 nitrogen and oxygen atoms in total. The van der Waals surface area contributed by atoms with Crippen molar-refractivity contribution in [3.8, 4) is 0 Å². The number of rotatable bonds is 8. The van der Waals surface area contributed by atoms with Crippen molar-refractivity contribution in [2.24, 2.45) is 0 Å². The van der Waals surface area contributed by atoms with Crippen molar-refractivity contribution < 1.29 is 9.59 Å². The zero-order valence-corrected chi connectivity index (χ0v) is 20.2. The second-order valence-corrected chi connectivity index (χ2v) is 8.87. The number of halogens is 2. The Hall–Kier alpha value is -2.55. The van der Waals surface area contributed by atoms with Gasteiger partial charge in [0.2, 0.25) is 5.91 Å². The molecule has 1 aromatic heterocycles. The van der Waals surface area contributed by atoms with Crippen molar-refractivity contribution in [2.75, 3.05) is 11.1 Å². The summed E-state index contributed by atoms with van der Waals surface area (Å²) >= 11 is 13.3. The van der Waals surface area contributed by atoms with Crippen LogP contribution in [0.15, 0.2) is 41.6 Å². The predicted molar refractivity (Wildman–Crippen MR) is 129 cm³/mol. The Morgan fingerprint density at radius 2 is 1.84 bits per heavy atom. The maximum atomic E-state index is 12.4. The van der Waals surface area contributed by atoms with Gasteiger partial charge in [0.15, 0.2) is 11.0 Å². The molecule has 32 heavy (non-hydrogen) atoms. The third-order valence-corrected chi connectivity index (χ3v) is 6.33. The van der Waals surface area contributed by atoms with Crippen LogP contribution >= 0.6 is 35.0 Å². The van der Waals surface area contributed by atoms with E-state index in [-0.39, 0.29) is 29.1 Å². The maximum absolute atomic E-state index is 12.4. The first-order valence-corrected chi connectivity index (χ1v) is 11.7. The van der Waals surface area contributed by atoms with Gasteiger partial charge < -0.3 is 15.2 Å². The molecular formula is C22H23Cl2N5O2S. The molecule has 2 N–H and O–H groups in total. The van der Waals surface area contributed by atoms with Crippen molar-refractivity contribution in [1.29, 1.82) is 0 Å². The van der Waals surface area contributed by atoms with E-state index in [4.69, 9.17) is 23.2 Å². The van der Waals surface area contributed by atoms with E-state index in [1.807, 2.05) is 43.5 Å². The molecule has 0 spiro atoms. The molecule has 0 unspecified atom stereocenters. The number of aromatic nitrogens is 3. The highest BCUT2D eigenvalue weighted by molar-refractivity contribution is 7.99. The van der Waals surface area contributed by atoms with Crippen LogP contribution in [0.4, 0.5) is 5.69 Å². The van der Waals surface area contributed by atoms with Gasteiger partial charge in [0.1, 0.15) is 0 Å². The Bertz CT molecular complexity index is 1150. The molecule has 0 atom stereocenters. The van der Waals surface area contributed by atoms with E-state index in [9.17, 15) is 9.59 Å². The minimum atomic E-state index is -0.334. The summed E-state index contributed by atoms with van der Waals surface area (Å²) < 4.78 is 1.86. The lowest BCUT2D eigenvalue weighted by Gasteiger charge is -2.10. The van der Waals surface area contributed by atoms with Crippen molar-refractivity contribution >= 4 is 52.5 Å². The standard InChI is InChI=1S/C22H23Cl2N5O2S/c1-4-29-19(11-25-21(31)17-8-6-15(23)10-18(17)24)27-28-22(29)32-12-20(30)26-16-7-5-13(2)14(3)9-16/h5-10H,4,11-12H2,1-3H3,(H,25,31)(H,26,30). The first-order valence-electron chi connectivity index (χ1n) is 9.93. The van der Waals surface area contributed by atoms with E-state index in [1.54, 1.807) is 12.1 Å². The van der Waals surface area contributed by atoms with Crippen molar-refractivity contribution in [2.45, 2.75) is 39.0 Å². The zero-order valence-electron chi connectivity index (χ0n) is 17.9. The van der Waals surface area contributed by atoms with Gasteiger partial charge in [-0.1, -0.05) is 41.0 Å². The lowest BCUT2D eigenvalue weighted by molar-refractivity contribution is -0.113. The molecule has 2 amide bonds. The fourth-order valence-corrected chi connectivity index (χ4v) is 4.26. The van der Waals surface area contributed by atoms with E-state index < -0.39 is 0 Å². The fraction of sp³-hybridized carbons (Fsp3) is 0.273. The molecule has 10 heteroatoms. The minimum Gasteiger partial charge on any atom is -0.345 e. The van der Waals surface area contributed by atoms with Crippen molar-refractivity contribution in [3.63, 3.8) is 0 Å². The fourth-order valence-electron chi connectivity index (χ4n) is 2.95. The van der Waals surface area contributed by atoms with E-state index in [0.717, 1.165) is 11.3 Å². The van der Waals surface area contributed by atoms with Crippen LogP contribution < -0.4 is 10.6 Å². The van der Waals surface area contributed by atoms with Crippen LogP contribution in [0.1, 0.15) is 34.2 Å². The first-order chi connectivity index (χ1) is 15.3. The average molecular weight is 492 g/mol. The number of carbonyl (C=O) groups excluding carboxylic acids is 2. The summed E-state index contributed by atoms with van der Waals surface area (Å²) in [6.45, 7) is 6.75. The number of thioether (sulfide) groups is 1. The molecule has 0 saturated heterocycles. The lowest BCUT2D eigenvalue weighted by Crippen LogP contribution is -2.25. The zero-order chi connectivity index (χ0) is 23.3. The average Bonchev–Trinajstić information content (AvgIpc) is 3.15. The summed E-state index contributed by atoms with van der Waals surface area (Å²) in [7, 11) is 0. The lowest BCUT2D eigenvalue weighted by atomic mass is 10.1. The topological polar surface area (TPSA) is 88.9 Å². The number of nitrogens with zero attached hydrogens (tertiary/aromatic N) is 3. The van der Waals surface area contributed by atoms with Gasteiger partial charge in [0.05, 0.1) is 22.9 Å². The highest BCUT2D eigenvalue weighted by Gasteiger charge is 2.16. The van der Waals surface area contributed by atoms with E-state index in [0.29, 0.717) is 28.1 Å². The maximum Gasteiger partial charge on any atom is 0.253 e. The molecule has 0 bridgehead atoms. The third kappa shape index (κ3) is 6.03. The number of hydrogen-bond donors (Lipinski definition) is 2. The number of amides is 2. The van der Waals surface area contributed by atoms with E-state index >= 15 is 0 Å². The van der Waals surface area contributed by atoms with Gasteiger partial charge in [-0.3, -0.25) is 9.59 Å². The number of aryl methyl sites for hydroxylation is 2. The highest BCUT2D eigenvalue weighted by Crippen LogP contribution is 2.22. The summed E-state index contributed by atoms with van der Waals surface area (Å²) in [5.74, 6) is 0.316. The summed E-state index contributed by atoms with van der Waals surface area (Å²) in [5.41, 5.74) is 3.38. The van der Waals surface area contributed by atoms with Crippen LogP contribution in [0, 0.1) is 13.8 Å². The summed E-state index contributed by atoms with van der Waals surface area (Å²) in [4.78, 5) is 24.8. The Morgan fingerprint density at radius 1 is 1.06 bits per heavy atom. The molecule has 1 heterocycles. The molecule has 2 aromatic carbocycles. The molecule has 0 fully saturated rings. The second-order valence-electron chi connectivity index (χ2n) is 7.09. The Labute approximate surface area is 200 Å². The van der Waals surface area contributed by atoms with Gasteiger partial charge in [-0.05, 0) is 62.2 Å². The smallest absolute Gasteiger partial charge is 0.253 e. The number of carbonyl (C=O) groups is 2.